The van der Waals surface area contributed by atoms with Crippen LogP contribution in [0.2, 0.25) is 0 Å². The zero-order chi connectivity index (χ0) is 17.6. The Hall–Kier alpha value is -2.54. The van der Waals surface area contributed by atoms with E-state index < -0.39 is 0 Å². The fraction of sp³-hybridized carbons (Fsp3) is 0.250. The van der Waals surface area contributed by atoms with E-state index in [-0.39, 0.29) is 5.41 Å². The highest BCUT2D eigenvalue weighted by Gasteiger charge is 2.38. The summed E-state index contributed by atoms with van der Waals surface area (Å²) in [5, 5.41) is 0. The first-order valence-electron chi connectivity index (χ1n) is 9.10. The average molecular weight is 327 g/mol. The highest BCUT2D eigenvalue weighted by Crippen LogP contribution is 2.53. The van der Waals surface area contributed by atoms with Crippen LogP contribution in [0.15, 0.2) is 72.8 Å². The Labute approximate surface area is 150 Å². The molecular weight excluding hydrogens is 302 g/mol. The van der Waals surface area contributed by atoms with Gasteiger partial charge in [-0.2, -0.15) is 0 Å². The van der Waals surface area contributed by atoms with Gasteiger partial charge in [0.2, 0.25) is 0 Å². The van der Waals surface area contributed by atoms with Crippen molar-refractivity contribution >= 4 is 17.1 Å². The fourth-order valence-corrected chi connectivity index (χ4v) is 4.09. The molecule has 1 nitrogen and oxygen atoms in total. The summed E-state index contributed by atoms with van der Waals surface area (Å²) >= 11 is 0. The number of anilines is 3. The van der Waals surface area contributed by atoms with Gasteiger partial charge in [0, 0.05) is 11.1 Å². The van der Waals surface area contributed by atoms with E-state index in [2.05, 4.69) is 105 Å². The number of rotatable bonds is 2. The van der Waals surface area contributed by atoms with Gasteiger partial charge in [-0.1, -0.05) is 82.3 Å². The lowest BCUT2D eigenvalue weighted by molar-refractivity contribution is 0.629. The second-order valence-electron chi connectivity index (χ2n) is 7.71. The molecule has 4 rings (SSSR count). The number of benzene rings is 3. The van der Waals surface area contributed by atoms with E-state index in [0.29, 0.717) is 5.92 Å². The van der Waals surface area contributed by atoms with Crippen molar-refractivity contribution in [3.8, 4) is 0 Å². The molecule has 0 radical (unpaired) electrons. The topological polar surface area (TPSA) is 3.24 Å². The van der Waals surface area contributed by atoms with Crippen LogP contribution < -0.4 is 4.90 Å². The smallest absolute Gasteiger partial charge is 0.0537 e. The first-order valence-corrected chi connectivity index (χ1v) is 9.10. The fourth-order valence-electron chi connectivity index (χ4n) is 4.09. The van der Waals surface area contributed by atoms with Crippen molar-refractivity contribution in [3.63, 3.8) is 0 Å². The Kier molecular flexibility index (Phi) is 3.68. The number of hydrogen-bond donors (Lipinski definition) is 0. The monoisotopic (exact) mass is 327 g/mol. The third-order valence-corrected chi connectivity index (χ3v) is 5.42. The highest BCUT2D eigenvalue weighted by atomic mass is 15.2. The molecule has 0 spiro atoms. The lowest BCUT2D eigenvalue weighted by Gasteiger charge is -2.43. The first-order chi connectivity index (χ1) is 12.0. The molecule has 0 unspecified atom stereocenters. The van der Waals surface area contributed by atoms with Crippen LogP contribution in [0.3, 0.4) is 0 Å². The highest BCUT2D eigenvalue weighted by molar-refractivity contribution is 5.87. The van der Waals surface area contributed by atoms with E-state index in [1.54, 1.807) is 0 Å². The van der Waals surface area contributed by atoms with Gasteiger partial charge in [0.05, 0.1) is 11.4 Å². The van der Waals surface area contributed by atoms with E-state index >= 15 is 0 Å². The number of para-hydroxylation sites is 3. The number of nitrogens with zero attached hydrogens (tertiary/aromatic N) is 1. The van der Waals surface area contributed by atoms with Crippen molar-refractivity contribution in [2.45, 2.75) is 39.0 Å². The quantitative estimate of drug-likeness (QED) is 0.494. The lowest BCUT2D eigenvalue weighted by atomic mass is 9.72. The van der Waals surface area contributed by atoms with Gasteiger partial charge in [-0.05, 0) is 40.8 Å². The molecule has 1 heteroatoms. The Morgan fingerprint density at radius 2 is 1.36 bits per heavy atom. The summed E-state index contributed by atoms with van der Waals surface area (Å²) in [6.45, 7) is 9.26. The molecule has 126 valence electrons. The van der Waals surface area contributed by atoms with Gasteiger partial charge in [-0.25, -0.2) is 0 Å². The van der Waals surface area contributed by atoms with E-state index in [9.17, 15) is 0 Å². The first kappa shape index (κ1) is 16.0. The molecule has 0 saturated heterocycles. The Morgan fingerprint density at radius 3 is 2.08 bits per heavy atom. The SMILES string of the molecule is CC(C)c1cccc2c1N(c1ccccc1)c1ccccc1C2(C)C. The van der Waals surface area contributed by atoms with Crippen molar-refractivity contribution in [2.24, 2.45) is 0 Å². The van der Waals surface area contributed by atoms with Gasteiger partial charge < -0.3 is 4.90 Å². The molecule has 1 heterocycles. The maximum atomic E-state index is 2.45. The van der Waals surface area contributed by atoms with Crippen LogP contribution in [-0.2, 0) is 5.41 Å². The molecule has 0 bridgehead atoms. The van der Waals surface area contributed by atoms with Crippen LogP contribution >= 0.6 is 0 Å². The van der Waals surface area contributed by atoms with Crippen LogP contribution in [0.5, 0.6) is 0 Å². The minimum atomic E-state index is -0.0118. The summed E-state index contributed by atoms with van der Waals surface area (Å²) < 4.78 is 0. The predicted octanol–water partition coefficient (Wildman–Crippen LogP) is 6.92. The Bertz CT molecular complexity index is 906. The van der Waals surface area contributed by atoms with Gasteiger partial charge in [0.25, 0.3) is 0 Å². The molecular formula is C24H25N. The van der Waals surface area contributed by atoms with E-state index in [1.807, 2.05) is 0 Å². The number of fused-ring (bicyclic) bond motifs is 2. The zero-order valence-electron chi connectivity index (χ0n) is 15.5. The average Bonchev–Trinajstić information content (AvgIpc) is 2.62. The molecule has 0 amide bonds. The predicted molar refractivity (Wildman–Crippen MR) is 107 cm³/mol. The summed E-state index contributed by atoms with van der Waals surface area (Å²) in [5.41, 5.74) is 8.05. The van der Waals surface area contributed by atoms with Crippen LogP contribution in [0.1, 0.15) is 50.3 Å². The molecule has 0 atom stereocenters. The molecule has 0 aromatic heterocycles. The van der Waals surface area contributed by atoms with Crippen molar-refractivity contribution in [3.05, 3.63) is 89.5 Å². The van der Waals surface area contributed by atoms with Gasteiger partial charge >= 0.3 is 0 Å². The minimum absolute atomic E-state index is 0.0118. The van der Waals surface area contributed by atoms with Crippen molar-refractivity contribution in [1.29, 1.82) is 0 Å². The molecule has 0 saturated carbocycles. The number of hydrogen-bond acceptors (Lipinski definition) is 1. The molecule has 1 aliphatic heterocycles. The molecule has 0 N–H and O–H groups in total. The maximum Gasteiger partial charge on any atom is 0.0537 e. The third kappa shape index (κ3) is 2.38. The lowest BCUT2D eigenvalue weighted by Crippen LogP contribution is -2.31. The summed E-state index contributed by atoms with van der Waals surface area (Å²) in [7, 11) is 0. The summed E-state index contributed by atoms with van der Waals surface area (Å²) in [5.74, 6) is 0.474. The van der Waals surface area contributed by atoms with Crippen molar-refractivity contribution < 1.29 is 0 Å². The second-order valence-corrected chi connectivity index (χ2v) is 7.71. The van der Waals surface area contributed by atoms with Crippen molar-refractivity contribution in [1.82, 2.24) is 0 Å². The molecule has 3 aromatic rings. The second kappa shape index (κ2) is 5.77. The van der Waals surface area contributed by atoms with E-state index in [4.69, 9.17) is 0 Å². The summed E-state index contributed by atoms with van der Waals surface area (Å²) in [6, 6.07) is 26.4. The third-order valence-electron chi connectivity index (χ3n) is 5.42. The van der Waals surface area contributed by atoms with E-state index in [1.165, 1.54) is 33.8 Å². The van der Waals surface area contributed by atoms with Gasteiger partial charge in [0.1, 0.15) is 0 Å². The van der Waals surface area contributed by atoms with Gasteiger partial charge in [0.15, 0.2) is 0 Å². The standard InChI is InChI=1S/C24H25N/c1-17(2)19-13-10-15-21-23(19)25(18-11-6-5-7-12-18)22-16-9-8-14-20(22)24(21,3)4/h5-17H,1-4H3. The van der Waals surface area contributed by atoms with Crippen LogP contribution in [0.4, 0.5) is 17.1 Å². The Morgan fingerprint density at radius 1 is 0.720 bits per heavy atom. The largest absolute Gasteiger partial charge is 0.310 e. The van der Waals surface area contributed by atoms with Crippen LogP contribution in [0, 0.1) is 0 Å². The molecule has 1 aliphatic rings. The van der Waals surface area contributed by atoms with Gasteiger partial charge in [-0.15, -0.1) is 0 Å². The van der Waals surface area contributed by atoms with Crippen molar-refractivity contribution in [2.75, 3.05) is 4.90 Å². The van der Waals surface area contributed by atoms with E-state index in [0.717, 1.165) is 0 Å². The maximum absolute atomic E-state index is 2.45. The van der Waals surface area contributed by atoms with Crippen LogP contribution in [-0.4, -0.2) is 0 Å². The minimum Gasteiger partial charge on any atom is -0.310 e. The Balaban J connectivity index is 2.10. The normalized spacial score (nSPS) is 15.0. The molecule has 0 aliphatic carbocycles. The summed E-state index contributed by atoms with van der Waals surface area (Å²) in [4.78, 5) is 2.45. The summed E-state index contributed by atoms with van der Waals surface area (Å²) in [6.07, 6.45) is 0. The molecule has 25 heavy (non-hydrogen) atoms. The molecule has 0 fully saturated rings. The van der Waals surface area contributed by atoms with Gasteiger partial charge in [-0.3, -0.25) is 0 Å². The zero-order valence-corrected chi connectivity index (χ0v) is 15.5. The van der Waals surface area contributed by atoms with Crippen LogP contribution in [0.25, 0.3) is 0 Å². The molecule has 3 aromatic carbocycles.